The van der Waals surface area contributed by atoms with E-state index >= 15 is 0 Å². The maximum atomic E-state index is 12.1. The van der Waals surface area contributed by atoms with E-state index in [0.29, 0.717) is 12.4 Å². The van der Waals surface area contributed by atoms with Crippen molar-refractivity contribution in [1.29, 1.82) is 0 Å². The van der Waals surface area contributed by atoms with Crippen LogP contribution in [0.4, 0.5) is 0 Å². The zero-order chi connectivity index (χ0) is 15.5. The highest BCUT2D eigenvalue weighted by Crippen LogP contribution is 2.18. The van der Waals surface area contributed by atoms with Gasteiger partial charge in [0.1, 0.15) is 6.10 Å². The van der Waals surface area contributed by atoms with Crippen LogP contribution in [0.2, 0.25) is 0 Å². The lowest BCUT2D eigenvalue weighted by Crippen LogP contribution is -2.36. The van der Waals surface area contributed by atoms with E-state index in [9.17, 15) is 4.79 Å². The predicted octanol–water partition coefficient (Wildman–Crippen LogP) is 1.78. The van der Waals surface area contributed by atoms with Gasteiger partial charge < -0.3 is 10.1 Å². The SMILES string of the molecule is CC(NC(=O)C1CCCO1)c1nnnn1-c1ccc(Br)cc1. The number of carbonyl (C=O) groups excluding carboxylic acids is 1. The lowest BCUT2D eigenvalue weighted by atomic mass is 10.2. The molecule has 2 unspecified atom stereocenters. The van der Waals surface area contributed by atoms with Crippen molar-refractivity contribution in [3.63, 3.8) is 0 Å². The number of carbonyl (C=O) groups is 1. The third-order valence-corrected chi connectivity index (χ3v) is 4.06. The Morgan fingerprint density at radius 2 is 2.23 bits per heavy atom. The first-order valence-corrected chi connectivity index (χ1v) is 7.90. The summed E-state index contributed by atoms with van der Waals surface area (Å²) in [7, 11) is 0. The Kier molecular flexibility index (Phi) is 4.49. The molecule has 0 aliphatic carbocycles. The average molecular weight is 366 g/mol. The van der Waals surface area contributed by atoms with E-state index in [1.54, 1.807) is 4.68 Å². The fraction of sp³-hybridized carbons (Fsp3) is 0.429. The van der Waals surface area contributed by atoms with Gasteiger partial charge in [0.25, 0.3) is 0 Å². The molecule has 0 bridgehead atoms. The minimum Gasteiger partial charge on any atom is -0.368 e. The zero-order valence-corrected chi connectivity index (χ0v) is 13.7. The fourth-order valence-corrected chi connectivity index (χ4v) is 2.65. The summed E-state index contributed by atoms with van der Waals surface area (Å²) in [5, 5.41) is 14.7. The first-order valence-electron chi connectivity index (χ1n) is 7.11. The molecule has 1 amide bonds. The first-order chi connectivity index (χ1) is 10.6. The van der Waals surface area contributed by atoms with Gasteiger partial charge in [0, 0.05) is 11.1 Å². The van der Waals surface area contributed by atoms with Gasteiger partial charge in [0.05, 0.1) is 11.7 Å². The first kappa shape index (κ1) is 15.1. The van der Waals surface area contributed by atoms with Crippen molar-refractivity contribution in [2.45, 2.75) is 31.9 Å². The standard InChI is InChI=1S/C14H16BrN5O2/c1-9(16-14(21)12-3-2-8-22-12)13-17-18-19-20(13)11-6-4-10(15)5-7-11/h4-7,9,12H,2-3,8H2,1H3,(H,16,21). The molecule has 0 radical (unpaired) electrons. The Morgan fingerprint density at radius 1 is 1.45 bits per heavy atom. The maximum absolute atomic E-state index is 12.1. The second-order valence-corrected chi connectivity index (χ2v) is 6.07. The molecular weight excluding hydrogens is 350 g/mol. The molecule has 0 spiro atoms. The molecule has 116 valence electrons. The van der Waals surface area contributed by atoms with Crippen LogP contribution in [0.5, 0.6) is 0 Å². The molecule has 3 rings (SSSR count). The van der Waals surface area contributed by atoms with Crippen molar-refractivity contribution in [1.82, 2.24) is 25.5 Å². The van der Waals surface area contributed by atoms with Gasteiger partial charge in [-0.1, -0.05) is 15.9 Å². The molecule has 2 heterocycles. The smallest absolute Gasteiger partial charge is 0.249 e. The van der Waals surface area contributed by atoms with E-state index in [-0.39, 0.29) is 18.1 Å². The molecule has 1 aliphatic heterocycles. The molecule has 1 aromatic carbocycles. The number of halogens is 1. The number of aromatic nitrogens is 4. The van der Waals surface area contributed by atoms with Crippen LogP contribution in [0.3, 0.4) is 0 Å². The van der Waals surface area contributed by atoms with Gasteiger partial charge in [-0.2, -0.15) is 4.68 Å². The van der Waals surface area contributed by atoms with Gasteiger partial charge in [0.2, 0.25) is 5.91 Å². The molecule has 1 saturated heterocycles. The van der Waals surface area contributed by atoms with Crippen molar-refractivity contribution >= 4 is 21.8 Å². The van der Waals surface area contributed by atoms with Crippen LogP contribution in [-0.4, -0.2) is 38.8 Å². The summed E-state index contributed by atoms with van der Waals surface area (Å²) in [6, 6.07) is 7.32. The largest absolute Gasteiger partial charge is 0.368 e. The second-order valence-electron chi connectivity index (χ2n) is 5.16. The molecule has 2 aromatic rings. The Hall–Kier alpha value is -1.80. The summed E-state index contributed by atoms with van der Waals surface area (Å²) >= 11 is 3.39. The van der Waals surface area contributed by atoms with Gasteiger partial charge in [-0.05, 0) is 54.5 Å². The van der Waals surface area contributed by atoms with Crippen LogP contribution in [0.1, 0.15) is 31.6 Å². The van der Waals surface area contributed by atoms with Gasteiger partial charge in [0.15, 0.2) is 5.82 Å². The third kappa shape index (κ3) is 3.17. The molecule has 0 saturated carbocycles. The van der Waals surface area contributed by atoms with E-state index in [0.717, 1.165) is 23.0 Å². The Bertz CT molecular complexity index is 652. The van der Waals surface area contributed by atoms with Crippen LogP contribution >= 0.6 is 15.9 Å². The summed E-state index contributed by atoms with van der Waals surface area (Å²) < 4.78 is 7.98. The van der Waals surface area contributed by atoms with Gasteiger partial charge in [-0.15, -0.1) is 5.10 Å². The van der Waals surface area contributed by atoms with Gasteiger partial charge in [-0.25, -0.2) is 0 Å². The molecule has 2 atom stereocenters. The van der Waals surface area contributed by atoms with Gasteiger partial charge in [-0.3, -0.25) is 4.79 Å². The van der Waals surface area contributed by atoms with Crippen LogP contribution in [0.15, 0.2) is 28.7 Å². The minimum atomic E-state index is -0.362. The van der Waals surface area contributed by atoms with Gasteiger partial charge >= 0.3 is 0 Å². The lowest BCUT2D eigenvalue weighted by Gasteiger charge is -2.16. The number of rotatable bonds is 4. The van der Waals surface area contributed by atoms with E-state index in [2.05, 4.69) is 36.8 Å². The molecule has 22 heavy (non-hydrogen) atoms. The van der Waals surface area contributed by atoms with E-state index in [4.69, 9.17) is 4.74 Å². The monoisotopic (exact) mass is 365 g/mol. The molecule has 1 fully saturated rings. The van der Waals surface area contributed by atoms with Crippen molar-refractivity contribution < 1.29 is 9.53 Å². The molecular formula is C14H16BrN5O2. The van der Waals surface area contributed by atoms with E-state index < -0.39 is 0 Å². The Labute approximate surface area is 136 Å². The average Bonchev–Trinajstić information content (AvgIpc) is 3.19. The summed E-state index contributed by atoms with van der Waals surface area (Å²) in [4.78, 5) is 12.1. The third-order valence-electron chi connectivity index (χ3n) is 3.53. The fourth-order valence-electron chi connectivity index (χ4n) is 2.39. The number of nitrogens with one attached hydrogen (secondary N) is 1. The van der Waals surface area contributed by atoms with Crippen molar-refractivity contribution in [2.75, 3.05) is 6.61 Å². The van der Waals surface area contributed by atoms with Crippen LogP contribution in [0, 0.1) is 0 Å². The molecule has 8 heteroatoms. The second kappa shape index (κ2) is 6.53. The molecule has 1 aromatic heterocycles. The molecule has 7 nitrogen and oxygen atoms in total. The number of hydrogen-bond donors (Lipinski definition) is 1. The number of nitrogens with zero attached hydrogens (tertiary/aromatic N) is 4. The van der Waals surface area contributed by atoms with E-state index in [1.807, 2.05) is 31.2 Å². The zero-order valence-electron chi connectivity index (χ0n) is 12.1. The Morgan fingerprint density at radius 3 is 2.91 bits per heavy atom. The maximum Gasteiger partial charge on any atom is 0.249 e. The number of benzene rings is 1. The highest BCUT2D eigenvalue weighted by molar-refractivity contribution is 9.10. The van der Waals surface area contributed by atoms with Crippen molar-refractivity contribution in [2.24, 2.45) is 0 Å². The van der Waals surface area contributed by atoms with Crippen LogP contribution in [-0.2, 0) is 9.53 Å². The summed E-state index contributed by atoms with van der Waals surface area (Å²) in [6.45, 7) is 2.50. The summed E-state index contributed by atoms with van der Waals surface area (Å²) in [5.74, 6) is 0.462. The van der Waals surface area contributed by atoms with Crippen LogP contribution in [0.25, 0.3) is 5.69 Å². The van der Waals surface area contributed by atoms with E-state index in [1.165, 1.54) is 0 Å². The number of ether oxygens (including phenoxy) is 1. The Balaban J connectivity index is 1.76. The molecule has 1 N–H and O–H groups in total. The van der Waals surface area contributed by atoms with Crippen LogP contribution < -0.4 is 5.32 Å². The highest BCUT2D eigenvalue weighted by atomic mass is 79.9. The predicted molar refractivity (Wildman–Crippen MR) is 82.4 cm³/mol. The summed E-state index contributed by atoms with van der Waals surface area (Å²) in [6.07, 6.45) is 1.32. The minimum absolute atomic E-state index is 0.115. The summed E-state index contributed by atoms with van der Waals surface area (Å²) in [5.41, 5.74) is 0.835. The molecule has 1 aliphatic rings. The number of hydrogen-bond acceptors (Lipinski definition) is 5. The lowest BCUT2D eigenvalue weighted by molar-refractivity contribution is -0.130. The van der Waals surface area contributed by atoms with Crippen molar-refractivity contribution in [3.05, 3.63) is 34.6 Å². The topological polar surface area (TPSA) is 81.9 Å². The normalized spacial score (nSPS) is 19.1. The quantitative estimate of drug-likeness (QED) is 0.892. The number of amides is 1. The number of tetrazole rings is 1. The highest BCUT2D eigenvalue weighted by Gasteiger charge is 2.26. The van der Waals surface area contributed by atoms with Crippen molar-refractivity contribution in [3.8, 4) is 5.69 Å².